The largest absolute Gasteiger partial charge is 0.298 e. The van der Waals surface area contributed by atoms with Crippen LogP contribution in [0.5, 0.6) is 0 Å². The molecule has 0 aliphatic rings. The number of benzene rings is 1. The first-order valence-electron chi connectivity index (χ1n) is 5.50. The second-order valence-electron chi connectivity index (χ2n) is 4.27. The van der Waals surface area contributed by atoms with Gasteiger partial charge < -0.3 is 0 Å². The molecule has 0 spiro atoms. The van der Waals surface area contributed by atoms with Gasteiger partial charge in [-0.15, -0.1) is 0 Å². The molecule has 1 atom stereocenters. The molecule has 18 heavy (non-hydrogen) atoms. The molecule has 0 saturated carbocycles. The first kappa shape index (κ1) is 15.0. The van der Waals surface area contributed by atoms with Gasteiger partial charge in [0.25, 0.3) is 0 Å². The molecule has 0 radical (unpaired) electrons. The molecule has 3 nitrogen and oxygen atoms in total. The van der Waals surface area contributed by atoms with Crippen molar-refractivity contribution in [3.63, 3.8) is 0 Å². The third kappa shape index (κ3) is 4.30. The van der Waals surface area contributed by atoms with E-state index in [4.69, 9.17) is 28.5 Å². The SMILES string of the molecule is CC(C#N)CN(C)CC(=O)c1cc(Cl)ccc1Cl. The quantitative estimate of drug-likeness (QED) is 0.780. The molecule has 0 bridgehead atoms. The molecule has 0 aliphatic carbocycles. The number of nitrogens with zero attached hydrogens (tertiary/aromatic N) is 2. The van der Waals surface area contributed by atoms with E-state index in [1.165, 1.54) is 0 Å². The summed E-state index contributed by atoms with van der Waals surface area (Å²) in [6.07, 6.45) is 0. The van der Waals surface area contributed by atoms with Crippen LogP contribution in [0.4, 0.5) is 0 Å². The smallest absolute Gasteiger partial charge is 0.178 e. The van der Waals surface area contributed by atoms with E-state index in [1.54, 1.807) is 30.1 Å². The molecular weight excluding hydrogens is 271 g/mol. The monoisotopic (exact) mass is 284 g/mol. The molecule has 0 aliphatic heterocycles. The van der Waals surface area contributed by atoms with E-state index in [0.717, 1.165) is 0 Å². The predicted molar refractivity (Wildman–Crippen MR) is 73.1 cm³/mol. The normalized spacial score (nSPS) is 12.2. The van der Waals surface area contributed by atoms with Crippen molar-refractivity contribution in [2.75, 3.05) is 20.1 Å². The fourth-order valence-electron chi connectivity index (χ4n) is 1.61. The Morgan fingerprint density at radius 1 is 1.50 bits per heavy atom. The van der Waals surface area contributed by atoms with E-state index in [1.807, 2.05) is 6.92 Å². The summed E-state index contributed by atoms with van der Waals surface area (Å²) in [4.78, 5) is 13.8. The summed E-state index contributed by atoms with van der Waals surface area (Å²) in [5.74, 6) is -0.215. The van der Waals surface area contributed by atoms with Gasteiger partial charge in [0.15, 0.2) is 5.78 Å². The summed E-state index contributed by atoms with van der Waals surface area (Å²) in [6.45, 7) is 2.57. The van der Waals surface area contributed by atoms with Crippen LogP contribution in [0.25, 0.3) is 0 Å². The van der Waals surface area contributed by atoms with E-state index in [9.17, 15) is 4.79 Å². The Hall–Kier alpha value is -1.08. The molecule has 0 fully saturated rings. The summed E-state index contributed by atoms with van der Waals surface area (Å²) in [6, 6.07) is 6.94. The number of carbonyl (C=O) groups is 1. The van der Waals surface area contributed by atoms with E-state index in [-0.39, 0.29) is 18.2 Å². The lowest BCUT2D eigenvalue weighted by Gasteiger charge is -2.17. The molecule has 5 heteroatoms. The van der Waals surface area contributed by atoms with Crippen molar-refractivity contribution in [2.24, 2.45) is 5.92 Å². The van der Waals surface area contributed by atoms with Crippen molar-refractivity contribution < 1.29 is 4.79 Å². The van der Waals surface area contributed by atoms with Crippen LogP contribution in [0, 0.1) is 17.2 Å². The Labute approximate surface area is 117 Å². The van der Waals surface area contributed by atoms with Gasteiger partial charge in [-0.25, -0.2) is 0 Å². The van der Waals surface area contributed by atoms with Crippen LogP contribution in [-0.4, -0.2) is 30.8 Å². The highest BCUT2D eigenvalue weighted by Gasteiger charge is 2.14. The minimum Gasteiger partial charge on any atom is -0.298 e. The second-order valence-corrected chi connectivity index (χ2v) is 5.12. The average Bonchev–Trinajstić information content (AvgIpc) is 2.31. The first-order chi connectivity index (χ1) is 8.43. The van der Waals surface area contributed by atoms with E-state index in [2.05, 4.69) is 6.07 Å². The minimum absolute atomic E-state index is 0.102. The maximum Gasteiger partial charge on any atom is 0.178 e. The number of likely N-dealkylation sites (N-methyl/N-ethyl adjacent to an activating group) is 1. The molecule has 0 N–H and O–H groups in total. The zero-order chi connectivity index (χ0) is 13.7. The van der Waals surface area contributed by atoms with Crippen molar-refractivity contribution in [3.8, 4) is 6.07 Å². The third-order valence-electron chi connectivity index (χ3n) is 2.45. The van der Waals surface area contributed by atoms with Gasteiger partial charge in [-0.2, -0.15) is 5.26 Å². The lowest BCUT2D eigenvalue weighted by molar-refractivity contribution is 0.0943. The fourth-order valence-corrected chi connectivity index (χ4v) is 2.01. The number of carbonyl (C=O) groups excluding carboxylic acids is 1. The van der Waals surface area contributed by atoms with Crippen LogP contribution in [0.15, 0.2) is 18.2 Å². The van der Waals surface area contributed by atoms with Crippen LogP contribution >= 0.6 is 23.2 Å². The molecule has 96 valence electrons. The van der Waals surface area contributed by atoms with Crippen molar-refractivity contribution in [3.05, 3.63) is 33.8 Å². The van der Waals surface area contributed by atoms with Crippen molar-refractivity contribution >= 4 is 29.0 Å². The minimum atomic E-state index is -0.113. The Morgan fingerprint density at radius 2 is 2.17 bits per heavy atom. The van der Waals surface area contributed by atoms with Gasteiger partial charge in [0, 0.05) is 17.1 Å². The van der Waals surface area contributed by atoms with Crippen molar-refractivity contribution in [1.29, 1.82) is 5.26 Å². The summed E-state index contributed by atoms with van der Waals surface area (Å²) in [7, 11) is 1.80. The predicted octanol–water partition coefficient (Wildman–Crippen LogP) is 3.27. The zero-order valence-corrected chi connectivity index (χ0v) is 11.8. The number of Topliss-reactive ketones (excluding diaryl/α,β-unsaturated/α-hetero) is 1. The maximum absolute atomic E-state index is 12.0. The zero-order valence-electron chi connectivity index (χ0n) is 10.3. The second kappa shape index (κ2) is 6.75. The third-order valence-corrected chi connectivity index (χ3v) is 3.01. The molecule has 1 unspecified atom stereocenters. The number of hydrogen-bond donors (Lipinski definition) is 0. The molecule has 1 rings (SSSR count). The molecule has 1 aromatic carbocycles. The van der Waals surface area contributed by atoms with Crippen LogP contribution < -0.4 is 0 Å². The number of halogens is 2. The Kier molecular flexibility index (Phi) is 5.61. The van der Waals surface area contributed by atoms with Crippen LogP contribution in [-0.2, 0) is 0 Å². The number of rotatable bonds is 5. The maximum atomic E-state index is 12.0. The molecule has 0 amide bonds. The summed E-state index contributed by atoms with van der Waals surface area (Å²) >= 11 is 11.8. The molecule has 0 aromatic heterocycles. The standard InChI is InChI=1S/C13H14Cl2N2O/c1-9(6-16)7-17(2)8-13(18)11-5-10(14)3-4-12(11)15/h3-5,9H,7-8H2,1-2H3. The number of hydrogen-bond acceptors (Lipinski definition) is 3. The topological polar surface area (TPSA) is 44.1 Å². The molecule has 1 aromatic rings. The molecular formula is C13H14Cl2N2O. The van der Waals surface area contributed by atoms with Crippen LogP contribution in [0.2, 0.25) is 10.0 Å². The lowest BCUT2D eigenvalue weighted by atomic mass is 10.1. The Balaban J connectivity index is 2.71. The lowest BCUT2D eigenvalue weighted by Crippen LogP contribution is -2.29. The van der Waals surface area contributed by atoms with Crippen molar-refractivity contribution in [2.45, 2.75) is 6.92 Å². The van der Waals surface area contributed by atoms with Gasteiger partial charge in [0.2, 0.25) is 0 Å². The van der Waals surface area contributed by atoms with Gasteiger partial charge >= 0.3 is 0 Å². The summed E-state index contributed by atoms with van der Waals surface area (Å²) < 4.78 is 0. The van der Waals surface area contributed by atoms with E-state index in [0.29, 0.717) is 22.2 Å². The Morgan fingerprint density at radius 3 is 2.78 bits per heavy atom. The summed E-state index contributed by atoms with van der Waals surface area (Å²) in [5, 5.41) is 9.59. The van der Waals surface area contributed by atoms with E-state index < -0.39 is 0 Å². The Bertz CT molecular complexity index is 482. The van der Waals surface area contributed by atoms with Gasteiger partial charge in [0.05, 0.1) is 23.6 Å². The van der Waals surface area contributed by atoms with Gasteiger partial charge in [0.1, 0.15) is 0 Å². The highest BCUT2D eigenvalue weighted by molar-refractivity contribution is 6.36. The fraction of sp³-hybridized carbons (Fsp3) is 0.385. The van der Waals surface area contributed by atoms with Gasteiger partial charge in [-0.3, -0.25) is 9.69 Å². The van der Waals surface area contributed by atoms with Gasteiger partial charge in [-0.05, 0) is 32.2 Å². The van der Waals surface area contributed by atoms with Gasteiger partial charge in [-0.1, -0.05) is 23.2 Å². The molecule has 0 heterocycles. The highest BCUT2D eigenvalue weighted by Crippen LogP contribution is 2.21. The highest BCUT2D eigenvalue weighted by atomic mass is 35.5. The summed E-state index contributed by atoms with van der Waals surface area (Å²) in [5.41, 5.74) is 0.417. The average molecular weight is 285 g/mol. The van der Waals surface area contributed by atoms with Crippen LogP contribution in [0.1, 0.15) is 17.3 Å². The number of nitriles is 1. The van der Waals surface area contributed by atoms with E-state index >= 15 is 0 Å². The number of ketones is 1. The van der Waals surface area contributed by atoms with Crippen LogP contribution in [0.3, 0.4) is 0 Å². The van der Waals surface area contributed by atoms with Crippen molar-refractivity contribution in [1.82, 2.24) is 4.90 Å². The molecule has 0 saturated heterocycles. The first-order valence-corrected chi connectivity index (χ1v) is 6.26.